The zero-order valence-corrected chi connectivity index (χ0v) is 11.1. The van der Waals surface area contributed by atoms with E-state index in [2.05, 4.69) is 25.3 Å². The van der Waals surface area contributed by atoms with Gasteiger partial charge in [0, 0.05) is 38.3 Å². The third-order valence-corrected chi connectivity index (χ3v) is 2.12. The normalized spacial score (nSPS) is 13.5. The Morgan fingerprint density at radius 3 is 2.84 bits per heavy atom. The summed E-state index contributed by atoms with van der Waals surface area (Å²) in [4.78, 5) is 16.0. The number of amidine groups is 2. The van der Waals surface area contributed by atoms with Gasteiger partial charge < -0.3 is 5.32 Å². The molecule has 0 spiro atoms. The van der Waals surface area contributed by atoms with Crippen molar-refractivity contribution >= 4 is 17.9 Å². The van der Waals surface area contributed by atoms with Crippen LogP contribution in [0.5, 0.6) is 0 Å². The average molecular weight is 261 g/mol. The largest absolute Gasteiger partial charge is 0.377 e. The molecule has 1 N–H and O–H groups in total. The van der Waals surface area contributed by atoms with E-state index in [1.54, 1.807) is 39.5 Å². The number of nitrogens with one attached hydrogen (secondary N) is 1. The second-order valence-corrected chi connectivity index (χ2v) is 3.54. The summed E-state index contributed by atoms with van der Waals surface area (Å²) in [6, 6.07) is 1.33. The number of pyridine rings is 1. The van der Waals surface area contributed by atoms with Crippen LogP contribution in [0, 0.1) is 5.82 Å². The van der Waals surface area contributed by atoms with Crippen molar-refractivity contribution in [1.29, 1.82) is 0 Å². The summed E-state index contributed by atoms with van der Waals surface area (Å²) in [5.41, 5.74) is 0.507. The van der Waals surface area contributed by atoms with Crippen LogP contribution in [0.15, 0.2) is 45.7 Å². The smallest absolute Gasteiger partial charge is 0.162 e. The molecule has 0 bridgehead atoms. The van der Waals surface area contributed by atoms with E-state index in [0.717, 1.165) is 6.20 Å². The third-order valence-electron chi connectivity index (χ3n) is 2.12. The van der Waals surface area contributed by atoms with E-state index in [9.17, 15) is 4.39 Å². The van der Waals surface area contributed by atoms with Crippen molar-refractivity contribution in [3.05, 3.63) is 42.1 Å². The van der Waals surface area contributed by atoms with Crippen LogP contribution in [0.1, 0.15) is 12.5 Å². The molecule has 0 fully saturated rings. The Morgan fingerprint density at radius 2 is 2.21 bits per heavy atom. The highest BCUT2D eigenvalue weighted by Gasteiger charge is 2.04. The zero-order valence-electron chi connectivity index (χ0n) is 11.1. The molecule has 0 amide bonds. The van der Waals surface area contributed by atoms with Crippen LogP contribution in [-0.2, 0) is 0 Å². The van der Waals surface area contributed by atoms with Gasteiger partial charge in [-0.2, -0.15) is 0 Å². The quantitative estimate of drug-likeness (QED) is 0.666. The van der Waals surface area contributed by atoms with Crippen molar-refractivity contribution < 1.29 is 4.39 Å². The molecule has 0 radical (unpaired) electrons. The molecule has 100 valence electrons. The number of aromatic nitrogens is 1. The summed E-state index contributed by atoms with van der Waals surface area (Å²) < 4.78 is 13.2. The Labute approximate surface area is 111 Å². The van der Waals surface area contributed by atoms with Crippen LogP contribution in [0.4, 0.5) is 4.39 Å². The van der Waals surface area contributed by atoms with E-state index < -0.39 is 5.82 Å². The van der Waals surface area contributed by atoms with E-state index in [-0.39, 0.29) is 0 Å². The molecule has 1 heterocycles. The van der Waals surface area contributed by atoms with Gasteiger partial charge in [0.2, 0.25) is 0 Å². The van der Waals surface area contributed by atoms with Crippen molar-refractivity contribution in [1.82, 2.24) is 10.3 Å². The lowest BCUT2D eigenvalue weighted by atomic mass is 10.2. The molecule has 0 aliphatic carbocycles. The minimum Gasteiger partial charge on any atom is -0.377 e. The fourth-order valence-electron chi connectivity index (χ4n) is 1.16. The molecule has 0 aliphatic heterocycles. The highest BCUT2D eigenvalue weighted by molar-refractivity contribution is 6.06. The van der Waals surface area contributed by atoms with E-state index in [4.69, 9.17) is 0 Å². The SMILES string of the molecule is C\N=C/C=C/N=C(\N=C(/C)NC)c1cncc(F)c1. The summed E-state index contributed by atoms with van der Waals surface area (Å²) >= 11 is 0. The number of allylic oxidation sites excluding steroid dienone is 1. The maximum Gasteiger partial charge on any atom is 0.162 e. The maximum atomic E-state index is 13.2. The Bertz CT molecular complexity index is 532. The molecular formula is C13H16FN5. The first kappa shape index (κ1) is 14.7. The second kappa shape index (κ2) is 7.86. The van der Waals surface area contributed by atoms with Gasteiger partial charge in [-0.05, 0) is 19.1 Å². The van der Waals surface area contributed by atoms with Gasteiger partial charge in [-0.25, -0.2) is 14.4 Å². The van der Waals surface area contributed by atoms with Crippen molar-refractivity contribution in [2.24, 2.45) is 15.0 Å². The Hall–Kier alpha value is -2.37. The van der Waals surface area contributed by atoms with Gasteiger partial charge in [-0.1, -0.05) is 0 Å². The van der Waals surface area contributed by atoms with Crippen LogP contribution in [-0.4, -0.2) is 37.0 Å². The van der Waals surface area contributed by atoms with Gasteiger partial charge in [0.25, 0.3) is 0 Å². The summed E-state index contributed by atoms with van der Waals surface area (Å²) in [5, 5.41) is 2.89. The molecule has 19 heavy (non-hydrogen) atoms. The molecule has 5 nitrogen and oxygen atoms in total. The minimum absolute atomic E-state index is 0.375. The van der Waals surface area contributed by atoms with Gasteiger partial charge in [0.15, 0.2) is 5.84 Å². The summed E-state index contributed by atoms with van der Waals surface area (Å²) in [7, 11) is 3.41. The van der Waals surface area contributed by atoms with Crippen LogP contribution in [0.3, 0.4) is 0 Å². The third kappa shape index (κ3) is 5.20. The molecule has 0 saturated heterocycles. The van der Waals surface area contributed by atoms with Crippen molar-refractivity contribution in [2.45, 2.75) is 6.92 Å². The first-order valence-electron chi connectivity index (χ1n) is 5.66. The molecular weight excluding hydrogens is 245 g/mol. The molecule has 0 atom stereocenters. The van der Waals surface area contributed by atoms with Gasteiger partial charge in [-0.15, -0.1) is 0 Å². The highest BCUT2D eigenvalue weighted by atomic mass is 19.1. The fourth-order valence-corrected chi connectivity index (χ4v) is 1.16. The molecule has 6 heteroatoms. The molecule has 0 saturated carbocycles. The van der Waals surface area contributed by atoms with Crippen molar-refractivity contribution in [3.63, 3.8) is 0 Å². The van der Waals surface area contributed by atoms with Crippen LogP contribution in [0.2, 0.25) is 0 Å². The number of halogens is 1. The van der Waals surface area contributed by atoms with Gasteiger partial charge >= 0.3 is 0 Å². The number of hydrogen-bond donors (Lipinski definition) is 1. The van der Waals surface area contributed by atoms with Crippen LogP contribution in [0.25, 0.3) is 0 Å². The zero-order chi connectivity index (χ0) is 14.1. The van der Waals surface area contributed by atoms with Crippen LogP contribution < -0.4 is 5.32 Å². The molecule has 1 aromatic heterocycles. The van der Waals surface area contributed by atoms with Gasteiger partial charge in [-0.3, -0.25) is 9.98 Å². The monoisotopic (exact) mass is 261 g/mol. The molecule has 1 rings (SSSR count). The lowest BCUT2D eigenvalue weighted by molar-refractivity contribution is 0.621. The molecule has 0 unspecified atom stereocenters. The van der Waals surface area contributed by atoms with Crippen molar-refractivity contribution in [2.75, 3.05) is 14.1 Å². The minimum atomic E-state index is -0.429. The lowest BCUT2D eigenvalue weighted by Crippen LogP contribution is -2.16. The van der Waals surface area contributed by atoms with E-state index in [1.807, 2.05) is 0 Å². The van der Waals surface area contributed by atoms with E-state index in [1.165, 1.54) is 12.3 Å². The maximum absolute atomic E-state index is 13.2. The molecule has 1 aromatic rings. The Balaban J connectivity index is 3.12. The van der Waals surface area contributed by atoms with E-state index >= 15 is 0 Å². The predicted octanol–water partition coefficient (Wildman–Crippen LogP) is 1.82. The molecule has 0 aromatic carbocycles. The van der Waals surface area contributed by atoms with Gasteiger partial charge in [0.1, 0.15) is 11.7 Å². The summed E-state index contributed by atoms with van der Waals surface area (Å²) in [6.07, 6.45) is 7.45. The van der Waals surface area contributed by atoms with Crippen LogP contribution >= 0.6 is 0 Å². The first-order chi connectivity index (χ1) is 9.17. The van der Waals surface area contributed by atoms with Gasteiger partial charge in [0.05, 0.1) is 6.20 Å². The topological polar surface area (TPSA) is 62.0 Å². The summed E-state index contributed by atoms with van der Waals surface area (Å²) in [5.74, 6) is 0.613. The fraction of sp³-hybridized carbons (Fsp3) is 0.231. The van der Waals surface area contributed by atoms with Crippen molar-refractivity contribution in [3.8, 4) is 0 Å². The standard InChI is InChI=1S/C13H16FN5/c1-10(16-3)19-13(18-6-4-5-15-2)11-7-12(14)9-17-8-11/h4-9H,1-3H3,(H,16,18,19)/b6-4+,15-5-. The lowest BCUT2D eigenvalue weighted by Gasteiger charge is -2.02. The Morgan fingerprint density at radius 1 is 1.42 bits per heavy atom. The number of aliphatic imine (C=N–C) groups is 3. The predicted molar refractivity (Wildman–Crippen MR) is 76.5 cm³/mol. The first-order valence-corrected chi connectivity index (χ1v) is 5.66. The van der Waals surface area contributed by atoms with E-state index in [0.29, 0.717) is 17.2 Å². The number of hydrogen-bond acceptors (Lipinski definition) is 3. The highest BCUT2D eigenvalue weighted by Crippen LogP contribution is 2.05. The summed E-state index contributed by atoms with van der Waals surface area (Å²) in [6.45, 7) is 1.79. The molecule has 0 aliphatic rings. The second-order valence-electron chi connectivity index (χ2n) is 3.54. The number of rotatable bonds is 3. The Kier molecular flexibility index (Phi) is 6.08. The number of nitrogens with zero attached hydrogens (tertiary/aromatic N) is 4. The average Bonchev–Trinajstić information content (AvgIpc) is 2.42.